The molecule has 0 N–H and O–H groups in total. The van der Waals surface area contributed by atoms with Crippen molar-refractivity contribution >= 4 is 11.9 Å². The number of allylic oxidation sites excluding steroid dienone is 1. The van der Waals surface area contributed by atoms with Gasteiger partial charge in [-0.1, -0.05) is 68.0 Å². The SMILES string of the molecule is Cc1ccc(/C=C/C(=O)Cc2cccc(C(C)C)c2C)cc1. The number of ketones is 1. The number of rotatable bonds is 5. The minimum absolute atomic E-state index is 0.143. The van der Waals surface area contributed by atoms with Crippen molar-refractivity contribution < 1.29 is 4.79 Å². The Morgan fingerprint density at radius 2 is 1.73 bits per heavy atom. The lowest BCUT2D eigenvalue weighted by Gasteiger charge is -2.13. The van der Waals surface area contributed by atoms with Crippen molar-refractivity contribution in [3.8, 4) is 0 Å². The maximum atomic E-state index is 12.2. The van der Waals surface area contributed by atoms with Gasteiger partial charge in [-0.25, -0.2) is 0 Å². The van der Waals surface area contributed by atoms with Gasteiger partial charge in [0.25, 0.3) is 0 Å². The predicted octanol–water partition coefficient (Wildman–Crippen LogP) is 5.25. The molecule has 2 aromatic rings. The van der Waals surface area contributed by atoms with Gasteiger partial charge in [-0.3, -0.25) is 4.79 Å². The summed E-state index contributed by atoms with van der Waals surface area (Å²) >= 11 is 0. The van der Waals surface area contributed by atoms with E-state index in [1.807, 2.05) is 18.2 Å². The summed E-state index contributed by atoms with van der Waals surface area (Å²) < 4.78 is 0. The first-order valence-corrected chi connectivity index (χ1v) is 7.83. The normalized spacial score (nSPS) is 11.3. The van der Waals surface area contributed by atoms with E-state index in [0.717, 1.165) is 11.1 Å². The lowest BCUT2D eigenvalue weighted by Crippen LogP contribution is -2.03. The Kier molecular flexibility index (Phi) is 5.32. The van der Waals surface area contributed by atoms with E-state index in [1.165, 1.54) is 16.7 Å². The summed E-state index contributed by atoms with van der Waals surface area (Å²) in [5.74, 6) is 0.628. The topological polar surface area (TPSA) is 17.1 Å². The zero-order valence-corrected chi connectivity index (χ0v) is 13.9. The van der Waals surface area contributed by atoms with Gasteiger partial charge in [0.15, 0.2) is 5.78 Å². The third-order valence-electron chi connectivity index (χ3n) is 4.01. The molecule has 0 heterocycles. The molecule has 2 rings (SSSR count). The highest BCUT2D eigenvalue weighted by atomic mass is 16.1. The highest BCUT2D eigenvalue weighted by Crippen LogP contribution is 2.22. The Bertz CT molecular complexity index is 676. The van der Waals surface area contributed by atoms with E-state index < -0.39 is 0 Å². The van der Waals surface area contributed by atoms with E-state index >= 15 is 0 Å². The molecule has 0 spiro atoms. The van der Waals surface area contributed by atoms with Crippen LogP contribution in [-0.2, 0) is 11.2 Å². The van der Waals surface area contributed by atoms with Gasteiger partial charge in [0.05, 0.1) is 0 Å². The van der Waals surface area contributed by atoms with E-state index in [-0.39, 0.29) is 5.78 Å². The zero-order chi connectivity index (χ0) is 16.1. The molecule has 0 aliphatic carbocycles. The van der Waals surface area contributed by atoms with Crippen molar-refractivity contribution in [3.05, 3.63) is 76.4 Å². The Morgan fingerprint density at radius 1 is 1.05 bits per heavy atom. The third-order valence-corrected chi connectivity index (χ3v) is 4.01. The van der Waals surface area contributed by atoms with E-state index in [1.54, 1.807) is 6.08 Å². The molecule has 0 fully saturated rings. The van der Waals surface area contributed by atoms with Crippen LogP contribution in [0.4, 0.5) is 0 Å². The summed E-state index contributed by atoms with van der Waals surface area (Å²) in [6.45, 7) is 8.54. The smallest absolute Gasteiger partial charge is 0.160 e. The fraction of sp³-hybridized carbons (Fsp3) is 0.286. The molecule has 0 saturated carbocycles. The fourth-order valence-electron chi connectivity index (χ4n) is 2.63. The molecule has 0 amide bonds. The Morgan fingerprint density at radius 3 is 2.36 bits per heavy atom. The van der Waals surface area contributed by atoms with Crippen molar-refractivity contribution in [1.82, 2.24) is 0 Å². The van der Waals surface area contributed by atoms with Crippen LogP contribution < -0.4 is 0 Å². The van der Waals surface area contributed by atoms with Crippen LogP contribution >= 0.6 is 0 Å². The summed E-state index contributed by atoms with van der Waals surface area (Å²) in [4.78, 5) is 12.2. The minimum Gasteiger partial charge on any atom is -0.294 e. The molecule has 1 heteroatoms. The molecule has 0 aromatic heterocycles. The van der Waals surface area contributed by atoms with Crippen LogP contribution in [0.25, 0.3) is 6.08 Å². The zero-order valence-electron chi connectivity index (χ0n) is 13.9. The lowest BCUT2D eigenvalue weighted by atomic mass is 9.92. The summed E-state index contributed by atoms with van der Waals surface area (Å²) in [5, 5.41) is 0. The van der Waals surface area contributed by atoms with Crippen LogP contribution in [0.3, 0.4) is 0 Å². The van der Waals surface area contributed by atoms with Crippen LogP contribution in [0, 0.1) is 13.8 Å². The Labute approximate surface area is 133 Å². The molecule has 114 valence electrons. The van der Waals surface area contributed by atoms with E-state index in [4.69, 9.17) is 0 Å². The molecule has 0 aliphatic rings. The average molecular weight is 292 g/mol. The maximum Gasteiger partial charge on any atom is 0.160 e. The van der Waals surface area contributed by atoms with E-state index in [0.29, 0.717) is 12.3 Å². The maximum absolute atomic E-state index is 12.2. The summed E-state index contributed by atoms with van der Waals surface area (Å²) in [6.07, 6.45) is 4.05. The number of carbonyl (C=O) groups excluding carboxylic acids is 1. The third kappa shape index (κ3) is 4.17. The lowest BCUT2D eigenvalue weighted by molar-refractivity contribution is -0.113. The predicted molar refractivity (Wildman–Crippen MR) is 94.2 cm³/mol. The second-order valence-electron chi connectivity index (χ2n) is 6.17. The molecular weight excluding hydrogens is 268 g/mol. The van der Waals surface area contributed by atoms with Gasteiger partial charge in [-0.05, 0) is 48.1 Å². The van der Waals surface area contributed by atoms with Gasteiger partial charge in [0.1, 0.15) is 0 Å². The number of hydrogen-bond donors (Lipinski definition) is 0. The number of hydrogen-bond acceptors (Lipinski definition) is 1. The first-order valence-electron chi connectivity index (χ1n) is 7.83. The molecule has 0 bridgehead atoms. The molecule has 0 atom stereocenters. The number of aryl methyl sites for hydroxylation is 1. The molecule has 0 saturated heterocycles. The quantitative estimate of drug-likeness (QED) is 0.688. The minimum atomic E-state index is 0.143. The summed E-state index contributed by atoms with van der Waals surface area (Å²) in [5.41, 5.74) is 5.99. The largest absolute Gasteiger partial charge is 0.294 e. The van der Waals surface area contributed by atoms with Crippen molar-refractivity contribution in [1.29, 1.82) is 0 Å². The summed E-state index contributed by atoms with van der Waals surface area (Å²) in [6, 6.07) is 14.4. The Balaban J connectivity index is 2.09. The molecule has 0 radical (unpaired) electrons. The highest BCUT2D eigenvalue weighted by molar-refractivity contribution is 5.95. The van der Waals surface area contributed by atoms with Crippen LogP contribution in [-0.4, -0.2) is 5.78 Å². The van der Waals surface area contributed by atoms with Gasteiger partial charge >= 0.3 is 0 Å². The van der Waals surface area contributed by atoms with Crippen molar-refractivity contribution in [3.63, 3.8) is 0 Å². The molecule has 2 aromatic carbocycles. The monoisotopic (exact) mass is 292 g/mol. The van der Waals surface area contributed by atoms with Gasteiger partial charge < -0.3 is 0 Å². The Hall–Kier alpha value is -2.15. The van der Waals surface area contributed by atoms with Crippen molar-refractivity contribution in [2.45, 2.75) is 40.0 Å². The number of carbonyl (C=O) groups is 1. The first kappa shape index (κ1) is 16.2. The van der Waals surface area contributed by atoms with E-state index in [9.17, 15) is 4.79 Å². The van der Waals surface area contributed by atoms with Crippen LogP contribution in [0.5, 0.6) is 0 Å². The van der Waals surface area contributed by atoms with Gasteiger partial charge in [0.2, 0.25) is 0 Å². The molecule has 22 heavy (non-hydrogen) atoms. The second-order valence-corrected chi connectivity index (χ2v) is 6.17. The highest BCUT2D eigenvalue weighted by Gasteiger charge is 2.09. The molecule has 1 nitrogen and oxygen atoms in total. The van der Waals surface area contributed by atoms with Crippen LogP contribution in [0.15, 0.2) is 48.5 Å². The standard InChI is InChI=1S/C21H24O/c1-15(2)21-7-5-6-19(17(21)4)14-20(22)13-12-18-10-8-16(3)9-11-18/h5-13,15H,14H2,1-4H3/b13-12+. The second kappa shape index (κ2) is 7.22. The summed E-state index contributed by atoms with van der Waals surface area (Å²) in [7, 11) is 0. The molecular formula is C21H24O. The van der Waals surface area contributed by atoms with Crippen LogP contribution in [0.1, 0.15) is 47.6 Å². The molecule has 0 unspecified atom stereocenters. The van der Waals surface area contributed by atoms with Gasteiger partial charge in [-0.15, -0.1) is 0 Å². The first-order chi connectivity index (χ1) is 10.5. The van der Waals surface area contributed by atoms with Gasteiger partial charge in [-0.2, -0.15) is 0 Å². The number of benzene rings is 2. The van der Waals surface area contributed by atoms with E-state index in [2.05, 4.69) is 58.0 Å². The van der Waals surface area contributed by atoms with Crippen molar-refractivity contribution in [2.24, 2.45) is 0 Å². The fourth-order valence-corrected chi connectivity index (χ4v) is 2.63. The average Bonchev–Trinajstić information content (AvgIpc) is 2.48. The van der Waals surface area contributed by atoms with Crippen molar-refractivity contribution in [2.75, 3.05) is 0 Å². The van der Waals surface area contributed by atoms with Crippen LogP contribution in [0.2, 0.25) is 0 Å². The molecule has 0 aliphatic heterocycles. The van der Waals surface area contributed by atoms with Gasteiger partial charge in [0, 0.05) is 6.42 Å².